The van der Waals surface area contributed by atoms with Crippen molar-refractivity contribution in [3.8, 4) is 0 Å². The maximum absolute atomic E-state index is 13.1. The van der Waals surface area contributed by atoms with Crippen LogP contribution in [0, 0.1) is 17.8 Å². The molecule has 156 valence electrons. The van der Waals surface area contributed by atoms with Crippen molar-refractivity contribution in [3.63, 3.8) is 0 Å². The Labute approximate surface area is 171 Å². The molecule has 0 aromatic heterocycles. The Morgan fingerprint density at radius 2 is 1.63 bits per heavy atom. The molecule has 13 heteroatoms. The van der Waals surface area contributed by atoms with Gasteiger partial charge in [-0.15, -0.1) is 0 Å². The molecule has 4 fully saturated rings. The summed E-state index contributed by atoms with van der Waals surface area (Å²) in [5.74, 6) is -4.11. The van der Waals surface area contributed by atoms with E-state index in [1.807, 2.05) is 22.6 Å². The fraction of sp³-hybridized carbons (Fsp3) is 0.929. The van der Waals surface area contributed by atoms with Crippen LogP contribution in [0.3, 0.4) is 0 Å². The fourth-order valence-corrected chi connectivity index (χ4v) is 12.2. The third-order valence-corrected chi connectivity index (χ3v) is 13.3. The van der Waals surface area contributed by atoms with Crippen LogP contribution in [0.2, 0.25) is 0 Å². The zero-order valence-corrected chi connectivity index (χ0v) is 18.0. The van der Waals surface area contributed by atoms with Crippen LogP contribution < -0.4 is 7.06 Å². The van der Waals surface area contributed by atoms with Gasteiger partial charge in [0.1, 0.15) is 0 Å². The van der Waals surface area contributed by atoms with E-state index in [4.69, 9.17) is 4.74 Å². The van der Waals surface area contributed by atoms with Crippen molar-refractivity contribution in [1.82, 2.24) is 7.06 Å². The second-order valence-electron chi connectivity index (χ2n) is 7.67. The third-order valence-electron chi connectivity index (χ3n) is 6.14. The molecule has 5 atom stereocenters. The van der Waals surface area contributed by atoms with Crippen molar-refractivity contribution in [2.75, 3.05) is 0 Å². The Bertz CT molecular complexity index is 665. The predicted molar refractivity (Wildman–Crippen MR) is 96.7 cm³/mol. The van der Waals surface area contributed by atoms with Gasteiger partial charge in [-0.1, -0.05) is 0 Å². The summed E-state index contributed by atoms with van der Waals surface area (Å²) in [6.07, 6.45) is -12.8. The first-order valence-corrected chi connectivity index (χ1v) is 12.5. The molecule has 2 aliphatic carbocycles. The molecule has 0 aromatic rings. The topological polar surface area (TPSA) is 90.4 Å². The van der Waals surface area contributed by atoms with E-state index in [1.165, 1.54) is 0 Å². The van der Waals surface area contributed by atoms with Gasteiger partial charge in [0, 0.05) is 0 Å². The van der Waals surface area contributed by atoms with Gasteiger partial charge >= 0.3 is 172 Å². The number of ether oxygens (including phenoxy) is 1. The number of hydrogen-bond acceptors (Lipinski definition) is 5. The van der Waals surface area contributed by atoms with Gasteiger partial charge in [-0.25, -0.2) is 0 Å². The molecule has 4 rings (SSSR count). The Kier molecular flexibility index (Phi) is 4.40. The van der Waals surface area contributed by atoms with Gasteiger partial charge < -0.3 is 0 Å². The minimum atomic E-state index is -5.82. The first-order valence-electron chi connectivity index (χ1n) is 8.16. The second kappa shape index (κ2) is 5.75. The Morgan fingerprint density at radius 3 is 2.00 bits per heavy atom. The number of esters is 1. The van der Waals surface area contributed by atoms with Crippen LogP contribution in [0.15, 0.2) is 0 Å². The van der Waals surface area contributed by atoms with Gasteiger partial charge in [-0.2, -0.15) is 0 Å². The fourth-order valence-electron chi connectivity index (χ4n) is 4.43. The predicted octanol–water partition coefficient (Wildman–Crippen LogP) is 3.19. The molecule has 0 spiro atoms. The van der Waals surface area contributed by atoms with Gasteiger partial charge in [-0.3, -0.25) is 0 Å². The molecule has 5 nitrogen and oxygen atoms in total. The molecule has 0 radical (unpaired) electrons. The number of carbonyl (C=O) groups excluding carboxylic acids is 1. The van der Waals surface area contributed by atoms with E-state index in [2.05, 4.69) is 7.06 Å². The van der Waals surface area contributed by atoms with Crippen LogP contribution in [-0.4, -0.2) is 42.2 Å². The van der Waals surface area contributed by atoms with Gasteiger partial charge in [0.15, 0.2) is 0 Å². The molecule has 0 aromatic carbocycles. The van der Waals surface area contributed by atoms with E-state index >= 15 is 0 Å². The van der Waals surface area contributed by atoms with Crippen molar-refractivity contribution in [2.24, 2.45) is 17.8 Å². The normalized spacial score (nSPS) is 37.6. The van der Waals surface area contributed by atoms with Gasteiger partial charge in [-0.05, 0) is 0 Å². The first-order chi connectivity index (χ1) is 12.1. The maximum atomic E-state index is 13.1. The van der Waals surface area contributed by atoms with Crippen molar-refractivity contribution in [3.05, 3.63) is 0 Å². The minimum absolute atomic E-state index is 0.0786. The van der Waals surface area contributed by atoms with Gasteiger partial charge in [0.25, 0.3) is 0 Å². The van der Waals surface area contributed by atoms with Crippen molar-refractivity contribution in [1.29, 1.82) is 0 Å². The number of hydrogen-bond donors (Lipinski definition) is 3. The van der Waals surface area contributed by atoms with E-state index in [1.54, 1.807) is 6.92 Å². The summed E-state index contributed by atoms with van der Waals surface area (Å²) in [4.78, 5) is 12.5. The molecule has 4 aliphatic rings. The summed E-state index contributed by atoms with van der Waals surface area (Å²) in [6.45, 7) is 1.70. The number of carbonyl (C=O) groups is 1. The van der Waals surface area contributed by atoms with Gasteiger partial charge in [0.05, 0.1) is 0 Å². The van der Waals surface area contributed by atoms with Crippen molar-refractivity contribution >= 4 is 48.9 Å². The molecular weight excluding hydrogens is 612 g/mol. The molecule has 27 heavy (non-hydrogen) atoms. The summed E-state index contributed by atoms with van der Waals surface area (Å²) < 4.78 is 89.4. The summed E-state index contributed by atoms with van der Waals surface area (Å²) in [5, 5.41) is 9.65. The van der Waals surface area contributed by atoms with Crippen LogP contribution in [-0.2, 0) is 9.53 Å². The average Bonchev–Trinajstić information content (AvgIpc) is 3.29. The molecule has 3 N–H and O–H groups in total. The number of nitrogens with one attached hydrogen (secondary N) is 2. The van der Waals surface area contributed by atoms with Crippen LogP contribution in [0.5, 0.6) is 0 Å². The molecule has 2 saturated carbocycles. The van der Waals surface area contributed by atoms with E-state index in [9.17, 15) is 36.2 Å². The number of halogens is 8. The molecule has 5 unspecified atom stereocenters. The summed E-state index contributed by atoms with van der Waals surface area (Å²) in [5.41, 5.74) is -4.74. The number of alkyl halides is 8. The van der Waals surface area contributed by atoms with Crippen LogP contribution in [0.4, 0.5) is 26.3 Å². The quantitative estimate of drug-likeness (QED) is 0.0848. The Morgan fingerprint density at radius 1 is 1.11 bits per heavy atom. The molecule has 2 heterocycles. The van der Waals surface area contributed by atoms with E-state index in [0.29, 0.717) is 0 Å². The van der Waals surface area contributed by atoms with E-state index < -0.39 is 78.0 Å². The van der Waals surface area contributed by atoms with E-state index in [0.717, 1.165) is 0 Å². The summed E-state index contributed by atoms with van der Waals surface area (Å²) >= 11 is 0.540. The summed E-state index contributed by atoms with van der Waals surface area (Å²) in [6, 6.07) is 0. The molecule has 2 bridgehead atoms. The average molecular weight is 628 g/mol. The Balaban J connectivity index is 1.45. The standard InChI is InChI=1S/C14H16F6I2N2O3/c1-10(21,14-22(23-14)24-14)9(25)27-8-4-5-2-6(8)3-7(5)11(26,12(15,16)17)13(18,19)20/h5-8,23-24,26H,2-4H2,1H3. The second-order valence-corrected chi connectivity index (χ2v) is 14.1. The Hall–Kier alpha value is 0.390. The number of fused-ring (bicyclic) bond motifs is 3. The third kappa shape index (κ3) is 2.76. The first kappa shape index (κ1) is 20.7. The SMILES string of the molecule is CC(I)(C(=O)OC1CC2CC1CC2C(O)(C(F)(F)F)C(F)(F)F)C12NI1N2. The van der Waals surface area contributed by atoms with Crippen LogP contribution >= 0.6 is 43.0 Å². The van der Waals surface area contributed by atoms with Crippen molar-refractivity contribution in [2.45, 2.75) is 57.3 Å². The molecule has 0 amide bonds. The van der Waals surface area contributed by atoms with E-state index in [-0.39, 0.29) is 16.5 Å². The summed E-state index contributed by atoms with van der Waals surface area (Å²) in [7, 11) is 0. The zero-order valence-electron chi connectivity index (χ0n) is 13.7. The van der Waals surface area contributed by atoms with Crippen LogP contribution in [0.25, 0.3) is 0 Å². The molecule has 2 aliphatic heterocycles. The van der Waals surface area contributed by atoms with Gasteiger partial charge in [0.2, 0.25) is 0 Å². The van der Waals surface area contributed by atoms with Crippen LogP contribution in [0.1, 0.15) is 26.2 Å². The number of rotatable bonds is 4. The molecule has 2 saturated heterocycles. The monoisotopic (exact) mass is 628 g/mol. The van der Waals surface area contributed by atoms with Crippen molar-refractivity contribution < 1.29 is 41.0 Å². The molecular formula is C14H16F6I2N2O3. The number of aliphatic hydroxyl groups is 1. The zero-order chi connectivity index (χ0) is 20.2.